The van der Waals surface area contributed by atoms with E-state index < -0.39 is 9.84 Å². The predicted molar refractivity (Wildman–Crippen MR) is 59.1 cm³/mol. The SMILES string of the molecule is N#CCCCCNCC1CCCS1(=O)=O. The van der Waals surface area contributed by atoms with Gasteiger partial charge in [-0.05, 0) is 32.2 Å². The first-order valence-corrected chi connectivity index (χ1v) is 7.17. The topological polar surface area (TPSA) is 70.0 Å². The number of nitrogens with zero attached hydrogens (tertiary/aromatic N) is 1. The molecule has 0 radical (unpaired) electrons. The molecule has 5 heteroatoms. The highest BCUT2D eigenvalue weighted by molar-refractivity contribution is 7.92. The highest BCUT2D eigenvalue weighted by Crippen LogP contribution is 2.18. The second-order valence-corrected chi connectivity index (χ2v) is 6.35. The van der Waals surface area contributed by atoms with Crippen LogP contribution in [0.2, 0.25) is 0 Å². The van der Waals surface area contributed by atoms with Gasteiger partial charge in [0.2, 0.25) is 0 Å². The molecule has 1 aliphatic heterocycles. The highest BCUT2D eigenvalue weighted by Gasteiger charge is 2.30. The lowest BCUT2D eigenvalue weighted by atomic mass is 10.2. The molecule has 1 rings (SSSR count). The molecule has 0 aliphatic carbocycles. The Bertz CT molecular complexity index is 319. The zero-order valence-corrected chi connectivity index (χ0v) is 9.72. The monoisotopic (exact) mass is 230 g/mol. The largest absolute Gasteiger partial charge is 0.315 e. The number of nitrogens with one attached hydrogen (secondary N) is 1. The summed E-state index contributed by atoms with van der Waals surface area (Å²) in [6, 6.07) is 2.09. The Morgan fingerprint density at radius 1 is 1.40 bits per heavy atom. The molecule has 1 N–H and O–H groups in total. The summed E-state index contributed by atoms with van der Waals surface area (Å²) in [5.74, 6) is 0.355. The second kappa shape index (κ2) is 6.09. The van der Waals surface area contributed by atoms with Crippen LogP contribution in [-0.2, 0) is 9.84 Å². The number of unbranched alkanes of at least 4 members (excludes halogenated alkanes) is 2. The predicted octanol–water partition coefficient (Wildman–Crippen LogP) is 0.847. The zero-order chi connectivity index (χ0) is 11.1. The van der Waals surface area contributed by atoms with Crippen LogP contribution in [0.5, 0.6) is 0 Å². The van der Waals surface area contributed by atoms with Crippen molar-refractivity contribution in [2.24, 2.45) is 0 Å². The van der Waals surface area contributed by atoms with Crippen LogP contribution in [0.25, 0.3) is 0 Å². The van der Waals surface area contributed by atoms with Gasteiger partial charge in [0.05, 0.1) is 17.1 Å². The molecule has 0 bridgehead atoms. The van der Waals surface area contributed by atoms with E-state index in [1.165, 1.54) is 0 Å². The van der Waals surface area contributed by atoms with E-state index in [0.717, 1.165) is 32.2 Å². The van der Waals surface area contributed by atoms with Gasteiger partial charge in [-0.1, -0.05) is 0 Å². The molecule has 1 aliphatic rings. The van der Waals surface area contributed by atoms with Crippen molar-refractivity contribution in [1.82, 2.24) is 5.32 Å². The third kappa shape index (κ3) is 4.18. The molecule has 15 heavy (non-hydrogen) atoms. The number of rotatable bonds is 6. The molecule has 1 fully saturated rings. The molecule has 0 aromatic rings. The molecule has 4 nitrogen and oxygen atoms in total. The summed E-state index contributed by atoms with van der Waals surface area (Å²) in [4.78, 5) is 0. The molecule has 0 amide bonds. The van der Waals surface area contributed by atoms with E-state index in [1.54, 1.807) is 0 Å². The smallest absolute Gasteiger partial charge is 0.154 e. The van der Waals surface area contributed by atoms with E-state index in [2.05, 4.69) is 11.4 Å². The number of hydrogen-bond donors (Lipinski definition) is 1. The first-order chi connectivity index (χ1) is 7.17. The van der Waals surface area contributed by atoms with E-state index in [4.69, 9.17) is 5.26 Å². The Balaban J connectivity index is 2.08. The van der Waals surface area contributed by atoms with Crippen LogP contribution in [0.4, 0.5) is 0 Å². The van der Waals surface area contributed by atoms with E-state index in [1.807, 2.05) is 0 Å². The molecule has 1 unspecified atom stereocenters. The highest BCUT2D eigenvalue weighted by atomic mass is 32.2. The summed E-state index contributed by atoms with van der Waals surface area (Å²) in [5, 5.41) is 11.3. The summed E-state index contributed by atoms with van der Waals surface area (Å²) >= 11 is 0. The van der Waals surface area contributed by atoms with E-state index in [9.17, 15) is 8.42 Å². The molecule has 0 spiro atoms. The van der Waals surface area contributed by atoms with Crippen molar-refractivity contribution in [1.29, 1.82) is 5.26 Å². The first-order valence-electron chi connectivity index (χ1n) is 5.46. The summed E-state index contributed by atoms with van der Waals surface area (Å²) < 4.78 is 22.9. The van der Waals surface area contributed by atoms with Crippen LogP contribution in [0.3, 0.4) is 0 Å². The van der Waals surface area contributed by atoms with Crippen LogP contribution >= 0.6 is 0 Å². The van der Waals surface area contributed by atoms with Crippen molar-refractivity contribution in [3.63, 3.8) is 0 Å². The van der Waals surface area contributed by atoms with Crippen molar-refractivity contribution in [3.8, 4) is 6.07 Å². The molecular formula is C10H18N2O2S. The van der Waals surface area contributed by atoms with Crippen LogP contribution in [0.15, 0.2) is 0 Å². The number of nitriles is 1. The summed E-state index contributed by atoms with van der Waals surface area (Å²) in [7, 11) is -2.80. The fourth-order valence-corrected chi connectivity index (χ4v) is 3.60. The average Bonchev–Trinajstić information content (AvgIpc) is 2.52. The van der Waals surface area contributed by atoms with E-state index in [0.29, 0.717) is 18.7 Å². The molecule has 1 atom stereocenters. The minimum Gasteiger partial charge on any atom is -0.315 e. The standard InChI is InChI=1S/C10H18N2O2S/c11-6-2-1-3-7-12-9-10-5-4-8-15(10,13)14/h10,12H,1-5,7-9H2. The molecular weight excluding hydrogens is 212 g/mol. The maximum Gasteiger partial charge on any atom is 0.154 e. The van der Waals surface area contributed by atoms with Crippen LogP contribution in [0, 0.1) is 11.3 Å². The minimum atomic E-state index is -2.80. The Morgan fingerprint density at radius 2 is 2.20 bits per heavy atom. The number of sulfone groups is 1. The maximum atomic E-state index is 11.4. The van der Waals surface area contributed by atoms with Gasteiger partial charge in [-0.2, -0.15) is 5.26 Å². The van der Waals surface area contributed by atoms with Crippen LogP contribution in [-0.4, -0.2) is 32.5 Å². The number of hydrogen-bond acceptors (Lipinski definition) is 4. The van der Waals surface area contributed by atoms with Gasteiger partial charge in [0.1, 0.15) is 0 Å². The summed E-state index contributed by atoms with van der Waals surface area (Å²) in [6.07, 6.45) is 4.03. The van der Waals surface area contributed by atoms with E-state index in [-0.39, 0.29) is 5.25 Å². The van der Waals surface area contributed by atoms with Crippen molar-refractivity contribution in [2.45, 2.75) is 37.4 Å². The fourth-order valence-electron chi connectivity index (χ4n) is 1.80. The van der Waals surface area contributed by atoms with Gasteiger partial charge in [-0.15, -0.1) is 0 Å². The zero-order valence-electron chi connectivity index (χ0n) is 8.91. The van der Waals surface area contributed by atoms with Gasteiger partial charge < -0.3 is 5.32 Å². The van der Waals surface area contributed by atoms with Gasteiger partial charge in [0.15, 0.2) is 9.84 Å². The Hall–Kier alpha value is -0.600. The average molecular weight is 230 g/mol. The minimum absolute atomic E-state index is 0.173. The third-order valence-electron chi connectivity index (χ3n) is 2.73. The molecule has 1 heterocycles. The Labute approximate surface area is 91.6 Å². The van der Waals surface area contributed by atoms with Crippen molar-refractivity contribution in [2.75, 3.05) is 18.8 Å². The van der Waals surface area contributed by atoms with Gasteiger partial charge >= 0.3 is 0 Å². The lowest BCUT2D eigenvalue weighted by Gasteiger charge is -2.09. The maximum absolute atomic E-state index is 11.4. The van der Waals surface area contributed by atoms with Crippen LogP contribution in [0.1, 0.15) is 32.1 Å². The lowest BCUT2D eigenvalue weighted by Crippen LogP contribution is -2.31. The quantitative estimate of drug-likeness (QED) is 0.687. The Kier molecular flexibility index (Phi) is 5.06. The normalized spacial score (nSPS) is 23.8. The second-order valence-electron chi connectivity index (χ2n) is 3.95. The lowest BCUT2D eigenvalue weighted by molar-refractivity contribution is 0.566. The van der Waals surface area contributed by atoms with Gasteiger partial charge in [0, 0.05) is 13.0 Å². The van der Waals surface area contributed by atoms with Gasteiger partial charge in [0.25, 0.3) is 0 Å². The van der Waals surface area contributed by atoms with Crippen LogP contribution < -0.4 is 5.32 Å². The summed E-state index contributed by atoms with van der Waals surface area (Å²) in [5.41, 5.74) is 0. The van der Waals surface area contributed by atoms with Gasteiger partial charge in [-0.3, -0.25) is 0 Å². The molecule has 86 valence electrons. The molecule has 0 aromatic heterocycles. The third-order valence-corrected chi connectivity index (χ3v) is 5.00. The van der Waals surface area contributed by atoms with Crippen molar-refractivity contribution in [3.05, 3.63) is 0 Å². The molecule has 0 aromatic carbocycles. The van der Waals surface area contributed by atoms with Gasteiger partial charge in [-0.25, -0.2) is 8.42 Å². The summed E-state index contributed by atoms with van der Waals surface area (Å²) in [6.45, 7) is 1.39. The molecule has 1 saturated heterocycles. The molecule has 0 saturated carbocycles. The first kappa shape index (κ1) is 12.5. The van der Waals surface area contributed by atoms with E-state index >= 15 is 0 Å². The van der Waals surface area contributed by atoms with Crippen molar-refractivity contribution >= 4 is 9.84 Å². The Morgan fingerprint density at radius 3 is 2.80 bits per heavy atom. The van der Waals surface area contributed by atoms with Crippen molar-refractivity contribution < 1.29 is 8.42 Å². The fraction of sp³-hybridized carbons (Fsp3) is 0.900.